The third kappa shape index (κ3) is 3.76. The van der Waals surface area contributed by atoms with E-state index in [1.165, 1.54) is 0 Å². The average molecular weight is 466 g/mol. The molecule has 1 N–H and O–H groups in total. The number of fused-ring (bicyclic) bond motifs is 2. The Morgan fingerprint density at radius 3 is 2.66 bits per heavy atom. The molecule has 6 rings (SSSR count). The smallest absolute Gasteiger partial charge is 0.247 e. The van der Waals surface area contributed by atoms with Gasteiger partial charge in [-0.15, -0.1) is 5.10 Å². The van der Waals surface area contributed by atoms with Gasteiger partial charge in [0.1, 0.15) is 11.3 Å². The second-order valence-electron chi connectivity index (χ2n) is 8.48. The largest absolute Gasteiger partial charge is 0.494 e. The van der Waals surface area contributed by atoms with Gasteiger partial charge in [-0.1, -0.05) is 6.07 Å². The van der Waals surface area contributed by atoms with Crippen LogP contribution in [0.25, 0.3) is 33.6 Å². The van der Waals surface area contributed by atoms with E-state index < -0.39 is 0 Å². The summed E-state index contributed by atoms with van der Waals surface area (Å²) in [4.78, 5) is 13.5. The SMILES string of the molecule is COc1cc(Nc2nc3c(-c4ccc5nc(C)oc5c4)cc(C)cn3n2)ccc1-n1cnc(C)c1. The Morgan fingerprint density at radius 1 is 0.971 bits per heavy atom. The normalized spacial score (nSPS) is 11.4. The minimum absolute atomic E-state index is 0.488. The number of benzene rings is 2. The van der Waals surface area contributed by atoms with Crippen molar-refractivity contribution in [1.29, 1.82) is 0 Å². The molecule has 4 heterocycles. The maximum Gasteiger partial charge on any atom is 0.247 e. The van der Waals surface area contributed by atoms with Crippen molar-refractivity contribution in [1.82, 2.24) is 29.1 Å². The monoisotopic (exact) mass is 465 g/mol. The summed E-state index contributed by atoms with van der Waals surface area (Å²) in [5, 5.41) is 7.97. The highest BCUT2D eigenvalue weighted by molar-refractivity contribution is 5.85. The maximum absolute atomic E-state index is 5.74. The minimum Gasteiger partial charge on any atom is -0.494 e. The van der Waals surface area contributed by atoms with Crippen molar-refractivity contribution in [3.63, 3.8) is 0 Å². The van der Waals surface area contributed by atoms with Crippen LogP contribution in [0.2, 0.25) is 0 Å². The second kappa shape index (κ2) is 7.98. The Bertz CT molecular complexity index is 1710. The van der Waals surface area contributed by atoms with Crippen LogP contribution in [0.5, 0.6) is 5.75 Å². The van der Waals surface area contributed by atoms with Gasteiger partial charge in [-0.25, -0.2) is 14.5 Å². The van der Waals surface area contributed by atoms with Crippen LogP contribution in [0.15, 0.2) is 65.6 Å². The number of oxazole rings is 1. The fraction of sp³-hybridized carbons (Fsp3) is 0.154. The van der Waals surface area contributed by atoms with Crippen LogP contribution >= 0.6 is 0 Å². The molecule has 0 bridgehead atoms. The number of rotatable bonds is 5. The predicted octanol–water partition coefficient (Wildman–Crippen LogP) is 5.40. The van der Waals surface area contributed by atoms with Crippen LogP contribution < -0.4 is 10.1 Å². The molecular weight excluding hydrogens is 442 g/mol. The fourth-order valence-electron chi connectivity index (χ4n) is 4.24. The summed E-state index contributed by atoms with van der Waals surface area (Å²) in [6.07, 6.45) is 5.68. The average Bonchev–Trinajstić information content (AvgIpc) is 3.54. The third-order valence-corrected chi connectivity index (χ3v) is 5.80. The lowest BCUT2D eigenvalue weighted by Crippen LogP contribution is -1.98. The molecule has 9 heteroatoms. The van der Waals surface area contributed by atoms with Crippen LogP contribution in [-0.4, -0.2) is 36.2 Å². The zero-order chi connectivity index (χ0) is 24.1. The zero-order valence-electron chi connectivity index (χ0n) is 19.8. The first-order valence-corrected chi connectivity index (χ1v) is 11.2. The Hall–Kier alpha value is -4.66. The Balaban J connectivity index is 1.37. The highest BCUT2D eigenvalue weighted by Crippen LogP contribution is 2.31. The van der Waals surface area contributed by atoms with Crippen molar-refractivity contribution in [2.45, 2.75) is 20.8 Å². The number of hydrogen-bond acceptors (Lipinski definition) is 7. The molecule has 9 nitrogen and oxygen atoms in total. The van der Waals surface area contributed by atoms with Gasteiger partial charge < -0.3 is 19.0 Å². The molecule has 0 saturated carbocycles. The molecule has 2 aromatic carbocycles. The van der Waals surface area contributed by atoms with E-state index in [1.807, 2.05) is 74.1 Å². The van der Waals surface area contributed by atoms with Crippen LogP contribution in [0, 0.1) is 20.8 Å². The molecule has 0 saturated heterocycles. The maximum atomic E-state index is 5.74. The van der Waals surface area contributed by atoms with E-state index in [4.69, 9.17) is 14.1 Å². The van der Waals surface area contributed by atoms with Gasteiger partial charge in [-0.05, 0) is 55.3 Å². The summed E-state index contributed by atoms with van der Waals surface area (Å²) in [6.45, 7) is 5.84. The lowest BCUT2D eigenvalue weighted by molar-refractivity contribution is 0.413. The topological polar surface area (TPSA) is 95.3 Å². The summed E-state index contributed by atoms with van der Waals surface area (Å²) < 4.78 is 15.1. The quantitative estimate of drug-likeness (QED) is 0.364. The van der Waals surface area contributed by atoms with Gasteiger partial charge in [0.15, 0.2) is 17.1 Å². The van der Waals surface area contributed by atoms with Crippen LogP contribution in [-0.2, 0) is 0 Å². The van der Waals surface area contributed by atoms with Crippen LogP contribution in [0.4, 0.5) is 11.6 Å². The van der Waals surface area contributed by atoms with Crippen molar-refractivity contribution in [2.24, 2.45) is 0 Å². The molecule has 35 heavy (non-hydrogen) atoms. The van der Waals surface area contributed by atoms with E-state index in [0.29, 0.717) is 17.6 Å². The highest BCUT2D eigenvalue weighted by Gasteiger charge is 2.14. The first-order valence-electron chi connectivity index (χ1n) is 11.2. The van der Waals surface area contributed by atoms with E-state index >= 15 is 0 Å². The molecule has 0 aliphatic carbocycles. The van der Waals surface area contributed by atoms with Crippen molar-refractivity contribution >= 4 is 28.4 Å². The summed E-state index contributed by atoms with van der Waals surface area (Å²) in [7, 11) is 1.65. The van der Waals surface area contributed by atoms with Gasteiger partial charge in [0.05, 0.1) is 24.8 Å². The molecule has 0 aliphatic rings. The number of nitrogens with one attached hydrogen (secondary N) is 1. The van der Waals surface area contributed by atoms with E-state index in [9.17, 15) is 0 Å². The molecule has 4 aromatic heterocycles. The minimum atomic E-state index is 0.488. The summed E-state index contributed by atoms with van der Waals surface area (Å²) in [5.41, 5.74) is 8.00. The first kappa shape index (κ1) is 20.9. The van der Waals surface area contributed by atoms with Gasteiger partial charge in [-0.3, -0.25) is 0 Å². The number of ether oxygens (including phenoxy) is 1. The number of nitrogens with zero attached hydrogens (tertiary/aromatic N) is 6. The Kier molecular flexibility index (Phi) is 4.77. The molecule has 6 aromatic rings. The van der Waals surface area contributed by atoms with E-state index in [2.05, 4.69) is 26.4 Å². The lowest BCUT2D eigenvalue weighted by atomic mass is 10.1. The fourth-order valence-corrected chi connectivity index (χ4v) is 4.24. The summed E-state index contributed by atoms with van der Waals surface area (Å²) in [5.74, 6) is 1.84. The van der Waals surface area contributed by atoms with Crippen molar-refractivity contribution < 1.29 is 9.15 Å². The van der Waals surface area contributed by atoms with Gasteiger partial charge >= 0.3 is 0 Å². The Morgan fingerprint density at radius 2 is 1.86 bits per heavy atom. The number of imidazole rings is 1. The second-order valence-corrected chi connectivity index (χ2v) is 8.48. The van der Waals surface area contributed by atoms with Gasteiger partial charge in [0.2, 0.25) is 5.95 Å². The molecule has 0 amide bonds. The zero-order valence-corrected chi connectivity index (χ0v) is 19.8. The van der Waals surface area contributed by atoms with E-state index in [-0.39, 0.29) is 0 Å². The van der Waals surface area contributed by atoms with Gasteiger partial charge in [0, 0.05) is 36.6 Å². The number of aromatic nitrogens is 6. The summed E-state index contributed by atoms with van der Waals surface area (Å²) in [6, 6.07) is 13.9. The van der Waals surface area contributed by atoms with Crippen LogP contribution in [0.3, 0.4) is 0 Å². The first-order chi connectivity index (χ1) is 17.0. The lowest BCUT2D eigenvalue weighted by Gasteiger charge is -2.11. The molecular formula is C26H23N7O2. The van der Waals surface area contributed by atoms with Gasteiger partial charge in [-0.2, -0.15) is 4.98 Å². The number of anilines is 2. The van der Waals surface area contributed by atoms with Gasteiger partial charge in [0.25, 0.3) is 0 Å². The van der Waals surface area contributed by atoms with Crippen molar-refractivity contribution in [3.05, 3.63) is 78.3 Å². The standard InChI is InChI=1S/C26H23N7O2/c1-15-9-20(18-5-7-21-23(10-18)35-17(3)28-21)25-30-26(31-33(25)12-15)29-19-6-8-22(24(11-19)34-4)32-13-16(2)27-14-32/h5-14H,1-4H3,(H,29,31). The van der Waals surface area contributed by atoms with E-state index in [1.54, 1.807) is 18.0 Å². The van der Waals surface area contributed by atoms with Crippen molar-refractivity contribution in [3.8, 4) is 22.6 Å². The van der Waals surface area contributed by atoms with E-state index in [0.717, 1.165) is 50.5 Å². The van der Waals surface area contributed by atoms with Crippen molar-refractivity contribution in [2.75, 3.05) is 12.4 Å². The van der Waals surface area contributed by atoms with Crippen LogP contribution in [0.1, 0.15) is 17.1 Å². The number of hydrogen-bond donors (Lipinski definition) is 1. The number of aryl methyl sites for hydroxylation is 3. The predicted molar refractivity (Wildman–Crippen MR) is 134 cm³/mol. The molecule has 0 spiro atoms. The summed E-state index contributed by atoms with van der Waals surface area (Å²) >= 11 is 0. The molecule has 0 unspecified atom stereocenters. The molecule has 0 atom stereocenters. The molecule has 0 radical (unpaired) electrons. The third-order valence-electron chi connectivity index (χ3n) is 5.80. The molecule has 0 fully saturated rings. The number of pyridine rings is 1. The highest BCUT2D eigenvalue weighted by atomic mass is 16.5. The molecule has 174 valence electrons. The number of methoxy groups -OCH3 is 1. The Labute approximate surface area is 201 Å². The molecule has 0 aliphatic heterocycles.